The number of ketones is 1. The van der Waals surface area contributed by atoms with Crippen LogP contribution in [0.5, 0.6) is 0 Å². The Morgan fingerprint density at radius 3 is 2.50 bits per heavy atom. The fourth-order valence-corrected chi connectivity index (χ4v) is 2.02. The van der Waals surface area contributed by atoms with E-state index in [0.717, 1.165) is 0 Å². The lowest BCUT2D eigenvalue weighted by Gasteiger charge is -2.15. The van der Waals surface area contributed by atoms with Crippen molar-refractivity contribution < 1.29 is 18.8 Å². The highest BCUT2D eigenvalue weighted by atomic mass is 31.2. The van der Waals surface area contributed by atoms with E-state index in [1.54, 1.807) is 6.92 Å². The van der Waals surface area contributed by atoms with Gasteiger partial charge in [-0.15, -0.1) is 0 Å². The second-order valence-corrected chi connectivity index (χ2v) is 4.62. The summed E-state index contributed by atoms with van der Waals surface area (Å²) in [5.74, 6) is -0.330. The molecule has 0 spiro atoms. The van der Waals surface area contributed by atoms with Crippen LogP contribution in [-0.2, 0) is 13.9 Å². The number of hydrogen-bond acceptors (Lipinski definition) is 3. The maximum absolute atomic E-state index is 11.1. The summed E-state index contributed by atoms with van der Waals surface area (Å²) < 4.78 is 15.9. The van der Waals surface area contributed by atoms with Crippen LogP contribution in [0.25, 0.3) is 0 Å². The topological polar surface area (TPSA) is 63.6 Å². The second kappa shape index (κ2) is 4.75. The van der Waals surface area contributed by atoms with Crippen LogP contribution in [0.2, 0.25) is 0 Å². The van der Waals surface area contributed by atoms with Gasteiger partial charge in [-0.05, 0) is 20.3 Å². The van der Waals surface area contributed by atoms with Crippen LogP contribution in [0.15, 0.2) is 0 Å². The molecule has 12 heavy (non-hydrogen) atoms. The minimum absolute atomic E-state index is 0.278. The number of carbonyl (C=O) groups excluding carboxylic acids is 1. The van der Waals surface area contributed by atoms with Gasteiger partial charge in [0.05, 0.1) is 6.10 Å². The largest absolute Gasteiger partial charge is 0.335 e. The van der Waals surface area contributed by atoms with Gasteiger partial charge in [-0.25, -0.2) is 0 Å². The maximum Gasteiger partial charge on any atom is 0.335 e. The van der Waals surface area contributed by atoms with E-state index in [0.29, 0.717) is 6.42 Å². The zero-order chi connectivity index (χ0) is 9.78. The number of Topliss-reactive ketones (excluding diaryl/α,β-unsaturated/α-hetero) is 1. The smallest absolute Gasteiger partial charge is 0.324 e. The molecule has 0 saturated carbocycles. The Bertz CT molecular complexity index is 202. The molecule has 0 radical (unpaired) electrons. The molecule has 0 bridgehead atoms. The van der Waals surface area contributed by atoms with E-state index in [2.05, 4.69) is 0 Å². The third kappa shape index (κ3) is 5.47. The van der Waals surface area contributed by atoms with Gasteiger partial charge in [0.2, 0.25) is 0 Å². The fraction of sp³-hybridized carbons (Fsp3) is 0.857. The molecular weight excluding hydrogens is 179 g/mol. The van der Waals surface area contributed by atoms with E-state index in [1.165, 1.54) is 6.92 Å². The molecule has 0 saturated heterocycles. The summed E-state index contributed by atoms with van der Waals surface area (Å²) in [6.07, 6.45) is -0.0139. The fourth-order valence-electron chi connectivity index (χ4n) is 0.674. The van der Waals surface area contributed by atoms with E-state index in [4.69, 9.17) is 9.42 Å². The van der Waals surface area contributed by atoms with Gasteiger partial charge in [0.1, 0.15) is 11.9 Å². The van der Waals surface area contributed by atoms with Crippen molar-refractivity contribution in [1.29, 1.82) is 0 Å². The summed E-state index contributed by atoms with van der Waals surface area (Å²) in [7, 11) is -3.67. The third-order valence-corrected chi connectivity index (χ3v) is 2.88. The molecule has 2 unspecified atom stereocenters. The Balaban J connectivity index is 4.04. The first-order valence-electron chi connectivity index (χ1n) is 3.87. The van der Waals surface area contributed by atoms with Crippen LogP contribution in [0, 0.1) is 0 Å². The minimum Gasteiger partial charge on any atom is -0.324 e. The summed E-state index contributed by atoms with van der Waals surface area (Å²) >= 11 is 0. The molecular formula is C7H15O4P. The summed E-state index contributed by atoms with van der Waals surface area (Å²) in [5.41, 5.74) is 0. The van der Waals surface area contributed by atoms with E-state index >= 15 is 0 Å². The van der Waals surface area contributed by atoms with Gasteiger partial charge in [-0.1, -0.05) is 6.92 Å². The lowest BCUT2D eigenvalue weighted by Crippen LogP contribution is -2.09. The molecule has 0 aliphatic rings. The SMILES string of the molecule is CCC(C)OP(=O)(O)CC(C)=O. The average Bonchev–Trinajstić information content (AvgIpc) is 1.83. The lowest BCUT2D eigenvalue weighted by atomic mass is 10.3. The van der Waals surface area contributed by atoms with Crippen molar-refractivity contribution in [2.24, 2.45) is 0 Å². The van der Waals surface area contributed by atoms with Crippen molar-refractivity contribution in [3.8, 4) is 0 Å². The first kappa shape index (κ1) is 11.8. The van der Waals surface area contributed by atoms with Crippen LogP contribution in [0.1, 0.15) is 27.2 Å². The summed E-state index contributed by atoms with van der Waals surface area (Å²) in [4.78, 5) is 19.6. The van der Waals surface area contributed by atoms with E-state index in [-0.39, 0.29) is 11.9 Å². The van der Waals surface area contributed by atoms with Crippen LogP contribution in [0.4, 0.5) is 0 Å². The number of carbonyl (C=O) groups is 1. The van der Waals surface area contributed by atoms with Gasteiger partial charge < -0.3 is 9.42 Å². The molecule has 0 aliphatic heterocycles. The molecule has 0 rings (SSSR count). The Labute approximate surface area is 72.5 Å². The normalized spacial score (nSPS) is 18.3. The molecule has 0 aromatic rings. The van der Waals surface area contributed by atoms with Gasteiger partial charge in [-0.2, -0.15) is 0 Å². The molecule has 0 amide bonds. The van der Waals surface area contributed by atoms with Crippen molar-refractivity contribution in [3.05, 3.63) is 0 Å². The highest BCUT2D eigenvalue weighted by Crippen LogP contribution is 2.43. The maximum atomic E-state index is 11.1. The molecule has 5 heteroatoms. The minimum atomic E-state index is -3.67. The molecule has 0 aromatic carbocycles. The monoisotopic (exact) mass is 194 g/mol. The summed E-state index contributed by atoms with van der Waals surface area (Å²) in [6, 6.07) is 0. The Kier molecular flexibility index (Phi) is 4.68. The number of hydrogen-bond donors (Lipinski definition) is 1. The Morgan fingerprint density at radius 2 is 2.17 bits per heavy atom. The predicted molar refractivity (Wildman–Crippen MR) is 46.2 cm³/mol. The first-order chi connectivity index (χ1) is 5.37. The molecule has 1 N–H and O–H groups in total. The van der Waals surface area contributed by atoms with Crippen molar-refractivity contribution in [2.45, 2.75) is 33.3 Å². The van der Waals surface area contributed by atoms with Crippen LogP contribution >= 0.6 is 7.60 Å². The van der Waals surface area contributed by atoms with Gasteiger partial charge in [-0.3, -0.25) is 9.36 Å². The van der Waals surface area contributed by atoms with Crippen molar-refractivity contribution in [3.63, 3.8) is 0 Å². The summed E-state index contributed by atoms with van der Waals surface area (Å²) in [6.45, 7) is 4.81. The molecule has 0 aromatic heterocycles. The third-order valence-electron chi connectivity index (χ3n) is 1.34. The zero-order valence-corrected chi connectivity index (χ0v) is 8.51. The van der Waals surface area contributed by atoms with Crippen molar-refractivity contribution in [1.82, 2.24) is 0 Å². The molecule has 72 valence electrons. The van der Waals surface area contributed by atoms with E-state index in [1.807, 2.05) is 6.92 Å². The highest BCUT2D eigenvalue weighted by Gasteiger charge is 2.23. The standard InChI is InChI=1S/C7H15O4P/c1-4-7(3)11-12(9,10)5-6(2)8/h7H,4-5H2,1-3H3,(H,9,10). The lowest BCUT2D eigenvalue weighted by molar-refractivity contribution is -0.114. The van der Waals surface area contributed by atoms with Crippen LogP contribution in [-0.4, -0.2) is 22.9 Å². The molecule has 2 atom stereocenters. The van der Waals surface area contributed by atoms with Gasteiger partial charge in [0.25, 0.3) is 0 Å². The first-order valence-corrected chi connectivity index (χ1v) is 5.63. The predicted octanol–water partition coefficient (Wildman–Crippen LogP) is 1.58. The van der Waals surface area contributed by atoms with Gasteiger partial charge in [0.15, 0.2) is 0 Å². The average molecular weight is 194 g/mol. The van der Waals surface area contributed by atoms with Crippen molar-refractivity contribution in [2.75, 3.05) is 6.16 Å². The molecule has 4 nitrogen and oxygen atoms in total. The van der Waals surface area contributed by atoms with E-state index in [9.17, 15) is 9.36 Å². The van der Waals surface area contributed by atoms with Gasteiger partial charge in [0, 0.05) is 0 Å². The number of rotatable bonds is 5. The second-order valence-electron chi connectivity index (χ2n) is 2.82. The van der Waals surface area contributed by atoms with Crippen LogP contribution < -0.4 is 0 Å². The highest BCUT2D eigenvalue weighted by molar-refractivity contribution is 7.53. The Morgan fingerprint density at radius 1 is 1.67 bits per heavy atom. The van der Waals surface area contributed by atoms with Crippen molar-refractivity contribution >= 4 is 13.4 Å². The molecule has 0 heterocycles. The quantitative estimate of drug-likeness (QED) is 0.675. The molecule has 0 fully saturated rings. The zero-order valence-electron chi connectivity index (χ0n) is 7.61. The van der Waals surface area contributed by atoms with Crippen LogP contribution in [0.3, 0.4) is 0 Å². The molecule has 0 aliphatic carbocycles. The van der Waals surface area contributed by atoms with Gasteiger partial charge >= 0.3 is 7.60 Å². The summed E-state index contributed by atoms with van der Waals surface area (Å²) in [5, 5.41) is 0. The van der Waals surface area contributed by atoms with E-state index < -0.39 is 13.8 Å². The Hall–Kier alpha value is -0.180.